The number of aromatic nitrogens is 1. The molecule has 4 rings (SSSR count). The second kappa shape index (κ2) is 10.8. The van der Waals surface area contributed by atoms with Crippen LogP contribution in [0.25, 0.3) is 5.57 Å². The predicted molar refractivity (Wildman–Crippen MR) is 138 cm³/mol. The zero-order chi connectivity index (χ0) is 24.1. The fourth-order valence-corrected chi connectivity index (χ4v) is 4.49. The number of likely N-dealkylation sites (N-methyl/N-ethyl adjacent to an activating group) is 1. The van der Waals surface area contributed by atoms with Gasteiger partial charge in [0.15, 0.2) is 11.8 Å². The van der Waals surface area contributed by atoms with Crippen LogP contribution in [-0.2, 0) is 0 Å². The summed E-state index contributed by atoms with van der Waals surface area (Å²) in [5.74, 6) is 0.915. The van der Waals surface area contributed by atoms with E-state index in [1.807, 2.05) is 48.3 Å². The SMILES string of the molecule is CN1CC=C(c2cccnc2N=C(N)Nc2ccc(C(=O)N(C)C3CCN(C)CC3)cc2)CC1. The number of nitrogens with two attached hydrogens (primary N) is 1. The number of hydrogen-bond donors (Lipinski definition) is 2. The fraction of sp³-hybridized carbons (Fsp3) is 0.423. The molecule has 1 aromatic heterocycles. The van der Waals surface area contributed by atoms with E-state index in [0.29, 0.717) is 11.4 Å². The van der Waals surface area contributed by atoms with E-state index in [0.717, 1.165) is 56.7 Å². The van der Waals surface area contributed by atoms with Crippen molar-refractivity contribution in [1.29, 1.82) is 0 Å². The Hall–Kier alpha value is -3.23. The first kappa shape index (κ1) is 23.9. The van der Waals surface area contributed by atoms with Crippen LogP contribution in [0, 0.1) is 0 Å². The molecule has 2 aliphatic rings. The van der Waals surface area contributed by atoms with Gasteiger partial charge in [0.25, 0.3) is 5.91 Å². The van der Waals surface area contributed by atoms with Gasteiger partial charge in [-0.1, -0.05) is 6.08 Å². The third-order valence-electron chi connectivity index (χ3n) is 6.73. The van der Waals surface area contributed by atoms with E-state index in [1.165, 1.54) is 5.57 Å². The number of nitrogens with one attached hydrogen (secondary N) is 1. The van der Waals surface area contributed by atoms with Crippen molar-refractivity contribution in [3.63, 3.8) is 0 Å². The van der Waals surface area contributed by atoms with Crippen LogP contribution in [0.1, 0.15) is 35.2 Å². The molecule has 3 N–H and O–H groups in total. The second-order valence-electron chi connectivity index (χ2n) is 9.27. The molecule has 1 fully saturated rings. The zero-order valence-corrected chi connectivity index (χ0v) is 20.4. The van der Waals surface area contributed by atoms with Gasteiger partial charge in [0.1, 0.15) is 0 Å². The molecule has 3 heterocycles. The van der Waals surface area contributed by atoms with E-state index < -0.39 is 0 Å². The average Bonchev–Trinajstić information content (AvgIpc) is 2.85. The molecule has 0 bridgehead atoms. The number of aliphatic imine (C=N–C) groups is 1. The molecule has 180 valence electrons. The topological polar surface area (TPSA) is 90.1 Å². The van der Waals surface area contributed by atoms with Crippen molar-refractivity contribution in [3.8, 4) is 0 Å². The number of rotatable bonds is 5. The summed E-state index contributed by atoms with van der Waals surface area (Å²) in [5, 5.41) is 3.12. The molecule has 0 atom stereocenters. The lowest BCUT2D eigenvalue weighted by Crippen LogP contribution is -2.44. The van der Waals surface area contributed by atoms with Crippen molar-refractivity contribution in [2.45, 2.75) is 25.3 Å². The van der Waals surface area contributed by atoms with Crippen LogP contribution in [0.15, 0.2) is 53.7 Å². The number of likely N-dealkylation sites (tertiary alicyclic amines) is 1. The smallest absolute Gasteiger partial charge is 0.253 e. The predicted octanol–water partition coefficient (Wildman–Crippen LogP) is 3.03. The Kier molecular flexibility index (Phi) is 7.59. The maximum absolute atomic E-state index is 12.9. The molecule has 0 radical (unpaired) electrons. The van der Waals surface area contributed by atoms with Crippen LogP contribution < -0.4 is 11.1 Å². The summed E-state index contributed by atoms with van der Waals surface area (Å²) < 4.78 is 0. The van der Waals surface area contributed by atoms with Crippen molar-refractivity contribution in [1.82, 2.24) is 19.7 Å². The number of guanidine groups is 1. The van der Waals surface area contributed by atoms with E-state index in [1.54, 1.807) is 6.20 Å². The molecule has 0 spiro atoms. The largest absolute Gasteiger partial charge is 0.369 e. The molecule has 34 heavy (non-hydrogen) atoms. The number of anilines is 1. The average molecular weight is 462 g/mol. The highest BCUT2D eigenvalue weighted by molar-refractivity contribution is 5.97. The van der Waals surface area contributed by atoms with E-state index in [4.69, 9.17) is 5.73 Å². The summed E-state index contributed by atoms with van der Waals surface area (Å²) in [6.07, 6.45) is 6.93. The van der Waals surface area contributed by atoms with Gasteiger partial charge in [0.2, 0.25) is 0 Å². The molecule has 1 saturated heterocycles. The van der Waals surface area contributed by atoms with Crippen molar-refractivity contribution < 1.29 is 4.79 Å². The van der Waals surface area contributed by atoms with Gasteiger partial charge >= 0.3 is 0 Å². The molecule has 2 aliphatic heterocycles. The minimum atomic E-state index is 0.0484. The van der Waals surface area contributed by atoms with Gasteiger partial charge in [-0.25, -0.2) is 4.98 Å². The Balaban J connectivity index is 1.41. The molecular formula is C26H35N7O. The molecule has 8 heteroatoms. The van der Waals surface area contributed by atoms with Crippen LogP contribution in [0.4, 0.5) is 11.5 Å². The molecule has 0 aliphatic carbocycles. The van der Waals surface area contributed by atoms with Crippen molar-refractivity contribution in [2.75, 3.05) is 52.6 Å². The quantitative estimate of drug-likeness (QED) is 0.526. The third kappa shape index (κ3) is 5.81. The van der Waals surface area contributed by atoms with E-state index >= 15 is 0 Å². The summed E-state index contributed by atoms with van der Waals surface area (Å²) in [6, 6.07) is 11.6. The maximum Gasteiger partial charge on any atom is 0.253 e. The van der Waals surface area contributed by atoms with Gasteiger partial charge in [-0.2, -0.15) is 4.99 Å². The second-order valence-corrected chi connectivity index (χ2v) is 9.27. The zero-order valence-electron chi connectivity index (χ0n) is 20.4. The van der Waals surface area contributed by atoms with Crippen LogP contribution in [0.3, 0.4) is 0 Å². The van der Waals surface area contributed by atoms with Gasteiger partial charge in [-0.3, -0.25) is 4.79 Å². The standard InChI is InChI=1S/C26H35N7O/c1-31-15-10-19(11-16-31)23-5-4-14-28-24(23)30-26(27)29-21-8-6-20(7-9-21)25(34)33(3)22-12-17-32(2)18-13-22/h4-10,14,22H,11-13,15-18H2,1-3H3,(H3,27,28,29,30). The lowest BCUT2D eigenvalue weighted by Gasteiger charge is -2.35. The number of pyridine rings is 1. The van der Waals surface area contributed by atoms with Crippen molar-refractivity contribution in [2.24, 2.45) is 10.7 Å². The first-order valence-corrected chi connectivity index (χ1v) is 11.9. The molecule has 1 amide bonds. The van der Waals surface area contributed by atoms with E-state index in [2.05, 4.69) is 45.3 Å². The van der Waals surface area contributed by atoms with Crippen LogP contribution >= 0.6 is 0 Å². The number of piperidine rings is 1. The molecule has 8 nitrogen and oxygen atoms in total. The van der Waals surface area contributed by atoms with Crippen molar-refractivity contribution >= 4 is 28.9 Å². The molecule has 0 saturated carbocycles. The first-order chi connectivity index (χ1) is 16.4. The molecular weight excluding hydrogens is 426 g/mol. The number of nitrogens with zero attached hydrogens (tertiary/aromatic N) is 5. The highest BCUT2D eigenvalue weighted by Gasteiger charge is 2.24. The summed E-state index contributed by atoms with van der Waals surface area (Å²) >= 11 is 0. The Bertz CT molecular complexity index is 1060. The number of carbonyl (C=O) groups is 1. The highest BCUT2D eigenvalue weighted by Crippen LogP contribution is 2.28. The Labute approximate surface area is 202 Å². The Morgan fingerprint density at radius 1 is 1.12 bits per heavy atom. The molecule has 1 aromatic carbocycles. The van der Waals surface area contributed by atoms with Crippen LogP contribution in [0.2, 0.25) is 0 Å². The minimum absolute atomic E-state index is 0.0484. The minimum Gasteiger partial charge on any atom is -0.369 e. The highest BCUT2D eigenvalue weighted by atomic mass is 16.2. The Morgan fingerprint density at radius 2 is 1.85 bits per heavy atom. The third-order valence-corrected chi connectivity index (χ3v) is 6.73. The van der Waals surface area contributed by atoms with Crippen molar-refractivity contribution in [3.05, 3.63) is 59.8 Å². The number of amides is 1. The number of benzene rings is 1. The van der Waals surface area contributed by atoms with Gasteiger partial charge in [-0.15, -0.1) is 0 Å². The molecule has 0 unspecified atom stereocenters. The lowest BCUT2D eigenvalue weighted by atomic mass is 10.0. The number of carbonyl (C=O) groups excluding carboxylic acids is 1. The van der Waals surface area contributed by atoms with Gasteiger partial charge < -0.3 is 25.8 Å². The van der Waals surface area contributed by atoms with Gasteiger partial charge in [0, 0.05) is 49.2 Å². The summed E-state index contributed by atoms with van der Waals surface area (Å²) in [5.41, 5.74) is 9.91. The summed E-state index contributed by atoms with van der Waals surface area (Å²) in [6.45, 7) is 3.97. The molecule has 2 aromatic rings. The van der Waals surface area contributed by atoms with Crippen LogP contribution in [-0.4, -0.2) is 84.9 Å². The maximum atomic E-state index is 12.9. The monoisotopic (exact) mass is 461 g/mol. The fourth-order valence-electron chi connectivity index (χ4n) is 4.49. The van der Waals surface area contributed by atoms with E-state index in [-0.39, 0.29) is 17.9 Å². The normalized spacial score (nSPS) is 18.4. The summed E-state index contributed by atoms with van der Waals surface area (Å²) in [7, 11) is 6.14. The van der Waals surface area contributed by atoms with E-state index in [9.17, 15) is 4.79 Å². The summed E-state index contributed by atoms with van der Waals surface area (Å²) in [4.78, 5) is 28.4. The Morgan fingerprint density at radius 3 is 2.53 bits per heavy atom. The number of hydrogen-bond acceptors (Lipinski definition) is 5. The van der Waals surface area contributed by atoms with Gasteiger partial charge in [-0.05, 0) is 88.4 Å². The van der Waals surface area contributed by atoms with Gasteiger partial charge in [0.05, 0.1) is 0 Å². The first-order valence-electron chi connectivity index (χ1n) is 11.9. The van der Waals surface area contributed by atoms with Crippen LogP contribution in [0.5, 0.6) is 0 Å². The lowest BCUT2D eigenvalue weighted by molar-refractivity contribution is 0.0659.